The van der Waals surface area contributed by atoms with Crippen LogP contribution in [0.5, 0.6) is 0 Å². The third-order valence-corrected chi connectivity index (χ3v) is 2.65. The zero-order chi connectivity index (χ0) is 10.4. The van der Waals surface area contributed by atoms with Gasteiger partial charge in [-0.05, 0) is 18.8 Å². The number of nitrogens with two attached hydrogens (primary N) is 2. The van der Waals surface area contributed by atoms with Crippen molar-refractivity contribution in [2.45, 2.75) is 33.2 Å². The summed E-state index contributed by atoms with van der Waals surface area (Å²) in [4.78, 5) is 0. The van der Waals surface area contributed by atoms with Gasteiger partial charge < -0.3 is 16.8 Å². The maximum absolute atomic E-state index is 7.05. The van der Waals surface area contributed by atoms with E-state index in [4.69, 9.17) is 16.9 Å². The first-order valence-corrected chi connectivity index (χ1v) is 4.82. The molecular weight excluding hydrogens is 164 g/mol. The highest BCUT2D eigenvalue weighted by molar-refractivity contribution is 5.74. The minimum absolute atomic E-state index is 0.0373. The Bertz CT molecular complexity index is 156. The van der Waals surface area contributed by atoms with Crippen molar-refractivity contribution in [1.82, 2.24) is 5.32 Å². The number of hydrogen-bond donors (Lipinski definition) is 4. The number of nitrogens with one attached hydrogen (secondary N) is 2. The Balaban J connectivity index is 3.94. The second-order valence-corrected chi connectivity index (χ2v) is 3.68. The Labute approximate surface area is 80.6 Å². The summed E-state index contributed by atoms with van der Waals surface area (Å²) in [6.07, 6.45) is 1.06. The molecule has 0 aliphatic heterocycles. The van der Waals surface area contributed by atoms with E-state index in [0.717, 1.165) is 13.0 Å². The molecule has 3 unspecified atom stereocenters. The SMILES string of the molecule is CCC(CNC(=N)N)C(C)C(C)N. The van der Waals surface area contributed by atoms with Crippen LogP contribution < -0.4 is 16.8 Å². The van der Waals surface area contributed by atoms with Gasteiger partial charge in [0.15, 0.2) is 5.96 Å². The van der Waals surface area contributed by atoms with E-state index in [-0.39, 0.29) is 12.0 Å². The van der Waals surface area contributed by atoms with Crippen LogP contribution in [0.15, 0.2) is 0 Å². The predicted molar refractivity (Wildman–Crippen MR) is 56.5 cm³/mol. The normalized spacial score (nSPS) is 17.5. The van der Waals surface area contributed by atoms with E-state index < -0.39 is 0 Å². The second-order valence-electron chi connectivity index (χ2n) is 3.68. The smallest absolute Gasteiger partial charge is 0.185 e. The van der Waals surface area contributed by atoms with E-state index in [2.05, 4.69) is 19.2 Å². The molecule has 0 amide bonds. The molecule has 0 aromatic heterocycles. The van der Waals surface area contributed by atoms with Gasteiger partial charge in [0.2, 0.25) is 0 Å². The van der Waals surface area contributed by atoms with Crippen LogP contribution in [-0.4, -0.2) is 18.5 Å². The molecule has 0 aliphatic carbocycles. The average molecular weight is 186 g/mol. The van der Waals surface area contributed by atoms with Crippen molar-refractivity contribution < 1.29 is 0 Å². The zero-order valence-electron chi connectivity index (χ0n) is 8.80. The van der Waals surface area contributed by atoms with Gasteiger partial charge in [-0.15, -0.1) is 0 Å². The Morgan fingerprint density at radius 3 is 2.31 bits per heavy atom. The number of guanidine groups is 1. The van der Waals surface area contributed by atoms with Crippen LogP contribution >= 0.6 is 0 Å². The molecule has 0 saturated heterocycles. The van der Waals surface area contributed by atoms with Crippen LogP contribution in [0.3, 0.4) is 0 Å². The minimum atomic E-state index is 0.0373. The lowest BCUT2D eigenvalue weighted by Gasteiger charge is -2.26. The van der Waals surface area contributed by atoms with E-state index in [0.29, 0.717) is 11.8 Å². The van der Waals surface area contributed by atoms with Crippen molar-refractivity contribution in [2.24, 2.45) is 23.3 Å². The topological polar surface area (TPSA) is 87.9 Å². The van der Waals surface area contributed by atoms with Crippen LogP contribution in [0, 0.1) is 17.2 Å². The molecule has 0 radical (unpaired) electrons. The third kappa shape index (κ3) is 4.72. The van der Waals surface area contributed by atoms with Crippen LogP contribution in [0.1, 0.15) is 27.2 Å². The van der Waals surface area contributed by atoms with Gasteiger partial charge in [-0.25, -0.2) is 0 Å². The first kappa shape index (κ1) is 12.2. The fourth-order valence-electron chi connectivity index (χ4n) is 1.37. The van der Waals surface area contributed by atoms with Crippen molar-refractivity contribution >= 4 is 5.96 Å². The molecule has 0 bridgehead atoms. The number of hydrogen-bond acceptors (Lipinski definition) is 2. The predicted octanol–water partition coefficient (Wildman–Crippen LogP) is 0.479. The fraction of sp³-hybridized carbons (Fsp3) is 0.889. The van der Waals surface area contributed by atoms with Crippen LogP contribution in [0.25, 0.3) is 0 Å². The third-order valence-electron chi connectivity index (χ3n) is 2.65. The molecule has 4 nitrogen and oxygen atoms in total. The van der Waals surface area contributed by atoms with E-state index in [1.165, 1.54) is 0 Å². The van der Waals surface area contributed by atoms with Gasteiger partial charge in [0.25, 0.3) is 0 Å². The van der Waals surface area contributed by atoms with Gasteiger partial charge in [-0.1, -0.05) is 20.3 Å². The maximum Gasteiger partial charge on any atom is 0.185 e. The molecule has 13 heavy (non-hydrogen) atoms. The van der Waals surface area contributed by atoms with Crippen molar-refractivity contribution in [3.63, 3.8) is 0 Å². The van der Waals surface area contributed by atoms with Crippen molar-refractivity contribution in [3.05, 3.63) is 0 Å². The van der Waals surface area contributed by atoms with Crippen LogP contribution in [0.4, 0.5) is 0 Å². The van der Waals surface area contributed by atoms with Gasteiger partial charge in [0.1, 0.15) is 0 Å². The fourth-order valence-corrected chi connectivity index (χ4v) is 1.37. The molecule has 0 heterocycles. The highest BCUT2D eigenvalue weighted by Gasteiger charge is 2.18. The van der Waals surface area contributed by atoms with Gasteiger partial charge in [-0.2, -0.15) is 0 Å². The molecule has 78 valence electrons. The Kier molecular flexibility index (Phi) is 5.46. The lowest BCUT2D eigenvalue weighted by atomic mass is 9.87. The molecule has 0 fully saturated rings. The highest BCUT2D eigenvalue weighted by atomic mass is 15.0. The lowest BCUT2D eigenvalue weighted by molar-refractivity contribution is 0.305. The van der Waals surface area contributed by atoms with Gasteiger partial charge in [-0.3, -0.25) is 5.41 Å². The van der Waals surface area contributed by atoms with E-state index in [1.54, 1.807) is 0 Å². The summed E-state index contributed by atoms with van der Waals surface area (Å²) in [5.41, 5.74) is 11.0. The van der Waals surface area contributed by atoms with E-state index in [1.807, 2.05) is 6.92 Å². The van der Waals surface area contributed by atoms with Gasteiger partial charge >= 0.3 is 0 Å². The van der Waals surface area contributed by atoms with E-state index >= 15 is 0 Å². The average Bonchev–Trinajstić information content (AvgIpc) is 2.04. The summed E-state index contributed by atoms with van der Waals surface area (Å²) < 4.78 is 0. The highest BCUT2D eigenvalue weighted by Crippen LogP contribution is 2.16. The molecule has 0 aliphatic rings. The van der Waals surface area contributed by atoms with Crippen molar-refractivity contribution in [3.8, 4) is 0 Å². The summed E-state index contributed by atoms with van der Waals surface area (Å²) in [5.74, 6) is 0.982. The van der Waals surface area contributed by atoms with Crippen LogP contribution in [-0.2, 0) is 0 Å². The minimum Gasteiger partial charge on any atom is -0.370 e. The van der Waals surface area contributed by atoms with E-state index in [9.17, 15) is 0 Å². The quantitative estimate of drug-likeness (QED) is 0.372. The Morgan fingerprint density at radius 2 is 2.00 bits per heavy atom. The molecule has 3 atom stereocenters. The monoisotopic (exact) mass is 186 g/mol. The molecule has 0 aromatic carbocycles. The maximum atomic E-state index is 7.05. The molecule has 4 heteroatoms. The summed E-state index contributed by atoms with van der Waals surface area (Å²) >= 11 is 0. The van der Waals surface area contributed by atoms with Crippen molar-refractivity contribution in [2.75, 3.05) is 6.54 Å². The lowest BCUT2D eigenvalue weighted by Crippen LogP contribution is -2.39. The van der Waals surface area contributed by atoms with Gasteiger partial charge in [0.05, 0.1) is 0 Å². The largest absolute Gasteiger partial charge is 0.370 e. The first-order valence-electron chi connectivity index (χ1n) is 4.82. The standard InChI is InChI=1S/C9H22N4/c1-4-8(5-13-9(11)12)6(2)7(3)10/h6-8H,4-5,10H2,1-3H3,(H4,11,12,13). The summed E-state index contributed by atoms with van der Waals surface area (Å²) in [7, 11) is 0. The van der Waals surface area contributed by atoms with Crippen molar-refractivity contribution in [1.29, 1.82) is 5.41 Å². The molecule has 0 aromatic rings. The Morgan fingerprint density at radius 1 is 1.46 bits per heavy atom. The van der Waals surface area contributed by atoms with Gasteiger partial charge in [0, 0.05) is 12.6 Å². The molecular formula is C9H22N4. The first-order chi connectivity index (χ1) is 5.99. The number of rotatable bonds is 5. The summed E-state index contributed by atoms with van der Waals surface area (Å²) in [6, 6.07) is 0.193. The zero-order valence-corrected chi connectivity index (χ0v) is 8.80. The Hall–Kier alpha value is -0.770. The molecule has 0 rings (SSSR count). The second kappa shape index (κ2) is 5.80. The molecule has 6 N–H and O–H groups in total. The summed E-state index contributed by atoms with van der Waals surface area (Å²) in [5, 5.41) is 9.88. The van der Waals surface area contributed by atoms with Crippen LogP contribution in [0.2, 0.25) is 0 Å². The molecule has 0 saturated carbocycles. The molecule has 0 spiro atoms. The summed E-state index contributed by atoms with van der Waals surface area (Å²) in [6.45, 7) is 7.03.